The second-order valence-electron chi connectivity index (χ2n) is 4.57. The average molecular weight is 185 g/mol. The van der Waals surface area contributed by atoms with Gasteiger partial charge >= 0.3 is 0 Å². The van der Waals surface area contributed by atoms with Crippen LogP contribution in [0.3, 0.4) is 0 Å². The van der Waals surface area contributed by atoms with Crippen LogP contribution in [0.25, 0.3) is 0 Å². The van der Waals surface area contributed by atoms with Crippen molar-refractivity contribution in [1.29, 1.82) is 0 Å². The summed E-state index contributed by atoms with van der Waals surface area (Å²) in [5.41, 5.74) is 0.685. The van der Waals surface area contributed by atoms with Gasteiger partial charge in [0.1, 0.15) is 0 Å². The molecule has 0 aliphatic heterocycles. The number of nitrogens with zero attached hydrogens (tertiary/aromatic N) is 1. The third-order valence-corrected chi connectivity index (χ3v) is 2.97. The minimum atomic E-state index is 0.685. The maximum absolute atomic E-state index is 2.45. The molecule has 1 fully saturated rings. The van der Waals surface area contributed by atoms with E-state index in [1.165, 1.54) is 38.6 Å². The molecule has 1 saturated carbocycles. The van der Waals surface area contributed by atoms with Crippen molar-refractivity contribution in [3.8, 4) is 0 Å². The van der Waals surface area contributed by atoms with Gasteiger partial charge in [-0.2, -0.15) is 0 Å². The Morgan fingerprint density at radius 1 is 1.08 bits per heavy atom. The molecule has 0 aromatic carbocycles. The van der Waals surface area contributed by atoms with Crippen LogP contribution in [0.4, 0.5) is 0 Å². The summed E-state index contributed by atoms with van der Waals surface area (Å²) in [5, 5.41) is 0. The van der Waals surface area contributed by atoms with Crippen LogP contribution in [0.5, 0.6) is 0 Å². The summed E-state index contributed by atoms with van der Waals surface area (Å²) < 4.78 is 0. The van der Waals surface area contributed by atoms with Gasteiger partial charge in [0.15, 0.2) is 0 Å². The van der Waals surface area contributed by atoms with Crippen LogP contribution in [0, 0.1) is 5.41 Å². The van der Waals surface area contributed by atoms with Crippen LogP contribution in [-0.4, -0.2) is 25.5 Å². The van der Waals surface area contributed by atoms with Crippen molar-refractivity contribution in [2.24, 2.45) is 5.41 Å². The first-order chi connectivity index (χ1) is 6.12. The summed E-state index contributed by atoms with van der Waals surface area (Å²) in [5.74, 6) is 0. The van der Waals surface area contributed by atoms with E-state index < -0.39 is 0 Å². The van der Waals surface area contributed by atoms with Crippen molar-refractivity contribution in [1.82, 2.24) is 4.90 Å². The van der Waals surface area contributed by atoms with Gasteiger partial charge < -0.3 is 4.90 Å². The minimum absolute atomic E-state index is 0.685. The Labute approximate surface area is 84.5 Å². The Hall–Kier alpha value is -0.0400. The molecule has 1 rings (SSSR count). The Bertz CT molecular complexity index is 112. The normalized spacial score (nSPS) is 19.8. The highest BCUT2D eigenvalue weighted by atomic mass is 15.0. The van der Waals surface area contributed by atoms with E-state index in [2.05, 4.69) is 25.9 Å². The lowest BCUT2D eigenvalue weighted by Gasteiger charge is -2.25. The van der Waals surface area contributed by atoms with Crippen LogP contribution in [0.1, 0.15) is 52.9 Å². The van der Waals surface area contributed by atoms with Crippen LogP contribution >= 0.6 is 0 Å². The molecule has 0 amide bonds. The molecule has 13 heavy (non-hydrogen) atoms. The fourth-order valence-corrected chi connectivity index (χ4v) is 1.97. The molecule has 1 heteroatoms. The van der Waals surface area contributed by atoms with Gasteiger partial charge in [-0.15, -0.1) is 0 Å². The van der Waals surface area contributed by atoms with E-state index in [0.29, 0.717) is 5.41 Å². The van der Waals surface area contributed by atoms with Gasteiger partial charge in [0.25, 0.3) is 0 Å². The number of rotatable bonds is 3. The van der Waals surface area contributed by atoms with Crippen molar-refractivity contribution in [3.63, 3.8) is 0 Å². The molecular weight excluding hydrogens is 158 g/mol. The van der Waals surface area contributed by atoms with E-state index in [0.717, 1.165) is 0 Å². The first kappa shape index (κ1) is 13.0. The van der Waals surface area contributed by atoms with E-state index in [-0.39, 0.29) is 0 Å². The topological polar surface area (TPSA) is 3.24 Å². The van der Waals surface area contributed by atoms with Gasteiger partial charge in [-0.1, -0.05) is 33.6 Å². The summed E-state index contributed by atoms with van der Waals surface area (Å²) in [7, 11) is 4.33. The quantitative estimate of drug-likeness (QED) is 0.650. The monoisotopic (exact) mass is 185 g/mol. The van der Waals surface area contributed by atoms with Gasteiger partial charge in [0, 0.05) is 0 Å². The lowest BCUT2D eigenvalue weighted by molar-refractivity contribution is 0.257. The summed E-state index contributed by atoms with van der Waals surface area (Å²) in [6, 6.07) is 0. The average Bonchev–Trinajstić information content (AvgIpc) is 2.54. The molecule has 0 aromatic heterocycles. The first-order valence-corrected chi connectivity index (χ1v) is 5.77. The molecule has 0 bridgehead atoms. The van der Waals surface area contributed by atoms with Gasteiger partial charge in [0.2, 0.25) is 0 Å². The first-order valence-electron chi connectivity index (χ1n) is 5.77. The fourth-order valence-electron chi connectivity index (χ4n) is 1.97. The zero-order chi connectivity index (χ0) is 10.3. The Balaban J connectivity index is 0.000000671. The van der Waals surface area contributed by atoms with Crippen molar-refractivity contribution < 1.29 is 0 Å². The van der Waals surface area contributed by atoms with Gasteiger partial charge in [-0.3, -0.25) is 0 Å². The molecule has 0 radical (unpaired) electrons. The van der Waals surface area contributed by atoms with E-state index in [4.69, 9.17) is 0 Å². The lowest BCUT2D eigenvalue weighted by atomic mass is 9.85. The molecule has 0 N–H and O–H groups in total. The minimum Gasteiger partial charge on any atom is -0.309 e. The molecule has 0 aromatic rings. The van der Waals surface area contributed by atoms with Gasteiger partial charge in [-0.05, 0) is 45.3 Å². The molecule has 0 unspecified atom stereocenters. The van der Waals surface area contributed by atoms with Crippen molar-refractivity contribution >= 4 is 0 Å². The Morgan fingerprint density at radius 2 is 1.54 bits per heavy atom. The van der Waals surface area contributed by atoms with Gasteiger partial charge in [0.05, 0.1) is 0 Å². The van der Waals surface area contributed by atoms with Crippen molar-refractivity contribution in [3.05, 3.63) is 0 Å². The van der Waals surface area contributed by atoms with Crippen LogP contribution in [0.2, 0.25) is 0 Å². The van der Waals surface area contributed by atoms with Crippen LogP contribution < -0.4 is 0 Å². The van der Waals surface area contributed by atoms with Gasteiger partial charge in [-0.25, -0.2) is 0 Å². The summed E-state index contributed by atoms with van der Waals surface area (Å²) in [6.45, 7) is 7.71. The van der Waals surface area contributed by atoms with Crippen molar-refractivity contribution in [2.45, 2.75) is 52.9 Å². The third kappa shape index (κ3) is 5.30. The standard InChI is InChI=1S/C10H21N.C2H6/c1-10(6-4-5-7-10)8-9-11(2)3;1-2/h4-9H2,1-3H3;1-2H3. The largest absolute Gasteiger partial charge is 0.309 e. The highest BCUT2D eigenvalue weighted by Gasteiger charge is 2.27. The second-order valence-corrected chi connectivity index (χ2v) is 4.57. The van der Waals surface area contributed by atoms with Crippen molar-refractivity contribution in [2.75, 3.05) is 20.6 Å². The fraction of sp³-hybridized carbons (Fsp3) is 1.00. The molecule has 1 aliphatic carbocycles. The van der Waals surface area contributed by atoms with Crippen LogP contribution in [-0.2, 0) is 0 Å². The zero-order valence-electron chi connectivity index (χ0n) is 10.2. The van der Waals surface area contributed by atoms with E-state index in [9.17, 15) is 0 Å². The Kier molecular flexibility index (Phi) is 6.40. The molecular formula is C12H27N. The summed E-state index contributed by atoms with van der Waals surface area (Å²) in [4.78, 5) is 2.30. The summed E-state index contributed by atoms with van der Waals surface area (Å²) >= 11 is 0. The SMILES string of the molecule is CC.CN(C)CCC1(C)CCCC1. The van der Waals surface area contributed by atoms with E-state index in [1.807, 2.05) is 13.8 Å². The predicted molar refractivity (Wildman–Crippen MR) is 61.1 cm³/mol. The molecule has 0 heterocycles. The van der Waals surface area contributed by atoms with E-state index in [1.54, 1.807) is 0 Å². The molecule has 80 valence electrons. The smallest absolute Gasteiger partial charge is 0.00196 e. The highest BCUT2D eigenvalue weighted by Crippen LogP contribution is 2.40. The maximum atomic E-state index is 2.45. The summed E-state index contributed by atoms with van der Waals surface area (Å²) in [6.07, 6.45) is 7.23. The zero-order valence-corrected chi connectivity index (χ0v) is 10.2. The second kappa shape index (κ2) is 6.42. The number of hydrogen-bond acceptors (Lipinski definition) is 1. The lowest BCUT2D eigenvalue weighted by Crippen LogP contribution is -2.21. The molecule has 1 nitrogen and oxygen atoms in total. The highest BCUT2D eigenvalue weighted by molar-refractivity contribution is 4.80. The maximum Gasteiger partial charge on any atom is -0.00196 e. The third-order valence-electron chi connectivity index (χ3n) is 2.97. The number of hydrogen-bond donors (Lipinski definition) is 0. The van der Waals surface area contributed by atoms with E-state index >= 15 is 0 Å². The predicted octanol–water partition coefficient (Wildman–Crippen LogP) is 3.54. The molecule has 1 aliphatic rings. The van der Waals surface area contributed by atoms with Crippen LogP contribution in [0.15, 0.2) is 0 Å². The Morgan fingerprint density at radius 3 is 1.92 bits per heavy atom. The molecule has 0 atom stereocenters. The molecule has 0 saturated heterocycles. The molecule has 0 spiro atoms.